The Morgan fingerprint density at radius 2 is 2.19 bits per heavy atom. The van der Waals surface area contributed by atoms with Gasteiger partial charge in [-0.3, -0.25) is 4.90 Å². The van der Waals surface area contributed by atoms with Gasteiger partial charge in [0.05, 0.1) is 19.3 Å². The van der Waals surface area contributed by atoms with Crippen molar-refractivity contribution in [1.29, 1.82) is 0 Å². The second kappa shape index (κ2) is 7.96. The second-order valence-corrected chi connectivity index (χ2v) is 5.95. The molecule has 2 heterocycles. The number of piperidine rings is 1. The lowest BCUT2D eigenvalue weighted by Gasteiger charge is -2.41. The third-order valence-corrected chi connectivity index (χ3v) is 4.09. The van der Waals surface area contributed by atoms with Crippen LogP contribution in [0.3, 0.4) is 0 Å². The number of hydrogen-bond donors (Lipinski definition) is 1. The number of rotatable bonds is 4. The number of carbonyl (C=O) groups is 1. The van der Waals surface area contributed by atoms with E-state index in [0.717, 1.165) is 32.3 Å². The highest BCUT2D eigenvalue weighted by Gasteiger charge is 2.37. The summed E-state index contributed by atoms with van der Waals surface area (Å²) in [7, 11) is 0. The summed E-state index contributed by atoms with van der Waals surface area (Å²) in [5, 5.41) is 10.2. The maximum absolute atomic E-state index is 12.0. The van der Waals surface area contributed by atoms with Crippen LogP contribution in [0.5, 0.6) is 0 Å². The van der Waals surface area contributed by atoms with Gasteiger partial charge in [-0.25, -0.2) is 4.79 Å². The van der Waals surface area contributed by atoms with Crippen LogP contribution in [0.1, 0.15) is 46.0 Å². The molecule has 2 aliphatic rings. The zero-order chi connectivity index (χ0) is 15.2. The highest BCUT2D eigenvalue weighted by molar-refractivity contribution is 5.68. The van der Waals surface area contributed by atoms with E-state index >= 15 is 0 Å². The van der Waals surface area contributed by atoms with Crippen LogP contribution in [-0.2, 0) is 14.2 Å². The molecule has 0 aliphatic carbocycles. The van der Waals surface area contributed by atoms with E-state index in [1.165, 1.54) is 4.90 Å². The number of amides is 1. The molecule has 0 aromatic carbocycles. The van der Waals surface area contributed by atoms with Crippen molar-refractivity contribution in [2.75, 3.05) is 19.8 Å². The Bertz CT molecular complexity index is 332. The summed E-state index contributed by atoms with van der Waals surface area (Å²) < 4.78 is 16.4. The first-order valence-electron chi connectivity index (χ1n) is 7.98. The second-order valence-electron chi connectivity index (χ2n) is 5.95. The van der Waals surface area contributed by atoms with Crippen molar-refractivity contribution in [3.8, 4) is 0 Å². The maximum atomic E-state index is 12.0. The first-order valence-corrected chi connectivity index (χ1v) is 7.98. The molecule has 2 rings (SSSR count). The summed E-state index contributed by atoms with van der Waals surface area (Å²) in [6, 6.07) is -0.159. The van der Waals surface area contributed by atoms with E-state index in [2.05, 4.69) is 6.92 Å². The number of aliphatic hydroxyl groups excluding tert-OH is 1. The maximum Gasteiger partial charge on any atom is 0.412 e. The molecule has 1 amide bonds. The van der Waals surface area contributed by atoms with Gasteiger partial charge in [-0.1, -0.05) is 6.92 Å². The molecule has 122 valence electrons. The van der Waals surface area contributed by atoms with Gasteiger partial charge in [-0.2, -0.15) is 0 Å². The van der Waals surface area contributed by atoms with E-state index in [1.54, 1.807) is 6.92 Å². The number of aliphatic hydroxyl groups is 1. The largest absolute Gasteiger partial charge is 0.450 e. The highest BCUT2D eigenvalue weighted by Crippen LogP contribution is 2.28. The molecule has 1 N–H and O–H groups in total. The molecule has 21 heavy (non-hydrogen) atoms. The third kappa shape index (κ3) is 4.56. The number of likely N-dealkylation sites (tertiary alicyclic amines) is 1. The van der Waals surface area contributed by atoms with Crippen LogP contribution in [0.25, 0.3) is 0 Å². The Balaban J connectivity index is 1.92. The predicted molar refractivity (Wildman–Crippen MR) is 76.6 cm³/mol. The van der Waals surface area contributed by atoms with Gasteiger partial charge in [0.1, 0.15) is 6.23 Å². The molecular weight excluding hydrogens is 274 g/mol. The van der Waals surface area contributed by atoms with Crippen LogP contribution in [0.4, 0.5) is 4.79 Å². The number of hydrogen-bond acceptors (Lipinski definition) is 5. The van der Waals surface area contributed by atoms with Crippen molar-refractivity contribution in [2.24, 2.45) is 5.92 Å². The molecule has 0 radical (unpaired) electrons. The lowest BCUT2D eigenvalue weighted by Crippen LogP contribution is -2.54. The van der Waals surface area contributed by atoms with E-state index < -0.39 is 12.3 Å². The zero-order valence-corrected chi connectivity index (χ0v) is 13.0. The fourth-order valence-corrected chi connectivity index (χ4v) is 3.07. The highest BCUT2D eigenvalue weighted by atomic mass is 16.7. The minimum Gasteiger partial charge on any atom is -0.450 e. The van der Waals surface area contributed by atoms with Gasteiger partial charge in [0.15, 0.2) is 6.29 Å². The Morgan fingerprint density at radius 3 is 2.86 bits per heavy atom. The van der Waals surface area contributed by atoms with Crippen LogP contribution >= 0.6 is 0 Å². The van der Waals surface area contributed by atoms with Crippen LogP contribution in [0.2, 0.25) is 0 Å². The molecule has 6 heteroatoms. The molecule has 0 bridgehead atoms. The Labute approximate surface area is 126 Å². The smallest absolute Gasteiger partial charge is 0.412 e. The van der Waals surface area contributed by atoms with Crippen molar-refractivity contribution in [3.05, 3.63) is 0 Å². The van der Waals surface area contributed by atoms with E-state index in [9.17, 15) is 9.90 Å². The topological polar surface area (TPSA) is 68.2 Å². The molecule has 2 fully saturated rings. The van der Waals surface area contributed by atoms with Gasteiger partial charge in [0, 0.05) is 6.61 Å². The zero-order valence-electron chi connectivity index (χ0n) is 13.0. The van der Waals surface area contributed by atoms with Gasteiger partial charge >= 0.3 is 6.09 Å². The lowest BCUT2D eigenvalue weighted by atomic mass is 9.92. The lowest BCUT2D eigenvalue weighted by molar-refractivity contribution is -0.180. The van der Waals surface area contributed by atoms with Crippen molar-refractivity contribution >= 4 is 6.09 Å². The van der Waals surface area contributed by atoms with Gasteiger partial charge in [0.2, 0.25) is 0 Å². The summed E-state index contributed by atoms with van der Waals surface area (Å²) in [5.74, 6) is 0.353. The quantitative estimate of drug-likeness (QED) is 0.861. The molecular formula is C15H27NO5. The van der Waals surface area contributed by atoms with Gasteiger partial charge < -0.3 is 19.3 Å². The van der Waals surface area contributed by atoms with Gasteiger partial charge in [0.25, 0.3) is 0 Å². The fraction of sp³-hybridized carbons (Fsp3) is 0.933. The van der Waals surface area contributed by atoms with Crippen molar-refractivity contribution in [2.45, 2.75) is 64.5 Å². The van der Waals surface area contributed by atoms with Crippen molar-refractivity contribution in [3.63, 3.8) is 0 Å². The standard InChI is InChI=1S/C15H27NO5/c1-3-19-15(18)16-12(8-11(2)9-13(16)17)10-21-14-6-4-5-7-20-14/h11-14,17H,3-10H2,1-2H3/t11-,12-,13+,14?/m0/s1. The number of carbonyl (C=O) groups excluding carboxylic acids is 1. The first kappa shape index (κ1) is 16.5. The van der Waals surface area contributed by atoms with Gasteiger partial charge in [-0.15, -0.1) is 0 Å². The molecule has 0 spiro atoms. The molecule has 6 nitrogen and oxygen atoms in total. The first-order chi connectivity index (χ1) is 10.1. The van der Waals surface area contributed by atoms with Crippen molar-refractivity contribution < 1.29 is 24.1 Å². The minimum atomic E-state index is -0.798. The monoisotopic (exact) mass is 301 g/mol. The average molecular weight is 301 g/mol. The molecule has 2 saturated heterocycles. The Hall–Kier alpha value is -0.850. The molecule has 0 saturated carbocycles. The predicted octanol–water partition coefficient (Wildman–Crippen LogP) is 2.10. The van der Waals surface area contributed by atoms with E-state index in [-0.39, 0.29) is 12.3 Å². The van der Waals surface area contributed by atoms with E-state index in [0.29, 0.717) is 25.6 Å². The normalized spacial score (nSPS) is 33.8. The van der Waals surface area contributed by atoms with Crippen molar-refractivity contribution in [1.82, 2.24) is 4.90 Å². The summed E-state index contributed by atoms with van der Waals surface area (Å²) >= 11 is 0. The summed E-state index contributed by atoms with van der Waals surface area (Å²) in [6.07, 6.45) is 3.02. The molecule has 4 atom stereocenters. The molecule has 0 aromatic rings. The summed E-state index contributed by atoms with van der Waals surface area (Å²) in [5.41, 5.74) is 0. The Kier molecular flexibility index (Phi) is 6.26. The van der Waals surface area contributed by atoms with Crippen LogP contribution in [0.15, 0.2) is 0 Å². The number of nitrogens with zero attached hydrogens (tertiary/aromatic N) is 1. The third-order valence-electron chi connectivity index (χ3n) is 4.09. The van der Waals surface area contributed by atoms with Crippen LogP contribution in [0, 0.1) is 5.92 Å². The van der Waals surface area contributed by atoms with E-state index in [4.69, 9.17) is 14.2 Å². The van der Waals surface area contributed by atoms with Gasteiger partial charge in [-0.05, 0) is 44.9 Å². The molecule has 0 aromatic heterocycles. The summed E-state index contributed by atoms with van der Waals surface area (Å²) in [4.78, 5) is 13.5. The van der Waals surface area contributed by atoms with Crippen LogP contribution in [-0.4, -0.2) is 54.5 Å². The SMILES string of the molecule is CCOC(=O)N1[C@H](COC2CCCCO2)C[C@H](C)C[C@H]1O. The fourth-order valence-electron chi connectivity index (χ4n) is 3.07. The number of ether oxygens (including phenoxy) is 3. The molecule has 2 aliphatic heterocycles. The average Bonchev–Trinajstić information content (AvgIpc) is 2.45. The summed E-state index contributed by atoms with van der Waals surface area (Å²) in [6.45, 7) is 5.26. The Morgan fingerprint density at radius 1 is 1.38 bits per heavy atom. The minimum absolute atomic E-state index is 0.159. The molecule has 1 unspecified atom stereocenters. The van der Waals surface area contributed by atoms with E-state index in [1.807, 2.05) is 0 Å². The van der Waals surface area contributed by atoms with Crippen LogP contribution < -0.4 is 0 Å².